The van der Waals surface area contributed by atoms with Gasteiger partial charge in [-0.1, -0.05) is 90.2 Å². The summed E-state index contributed by atoms with van der Waals surface area (Å²) in [6.45, 7) is 5.21. The van der Waals surface area contributed by atoms with Gasteiger partial charge in [0.2, 0.25) is 0 Å². The second-order valence-electron chi connectivity index (χ2n) is 7.75. The second-order valence-corrected chi connectivity index (χ2v) is 7.75. The van der Waals surface area contributed by atoms with Crippen molar-refractivity contribution in [3.63, 3.8) is 0 Å². The first-order valence-electron chi connectivity index (χ1n) is 11.6. The van der Waals surface area contributed by atoms with E-state index in [9.17, 15) is 4.79 Å². The fraction of sp³-hybridized carbons (Fsp3) is 0.720. The van der Waals surface area contributed by atoms with Crippen LogP contribution in [0.5, 0.6) is 5.75 Å². The van der Waals surface area contributed by atoms with Crippen molar-refractivity contribution < 1.29 is 14.3 Å². The van der Waals surface area contributed by atoms with E-state index >= 15 is 0 Å². The van der Waals surface area contributed by atoms with E-state index in [1.54, 1.807) is 0 Å². The minimum absolute atomic E-state index is 0.103. The number of carbonyl (C=O) groups is 1. The molecule has 0 aliphatic carbocycles. The Bertz CT molecular complexity index is 481. The van der Waals surface area contributed by atoms with Crippen LogP contribution < -0.4 is 4.74 Å². The van der Waals surface area contributed by atoms with E-state index in [2.05, 4.69) is 26.0 Å². The van der Waals surface area contributed by atoms with Gasteiger partial charge in [0.1, 0.15) is 19.0 Å². The van der Waals surface area contributed by atoms with Crippen LogP contribution in [0, 0.1) is 0 Å². The molecule has 0 spiro atoms. The number of rotatable bonds is 18. The first kappa shape index (κ1) is 24.5. The Balaban J connectivity index is 2.02. The number of benzene rings is 1. The molecule has 0 radical (unpaired) electrons. The minimum atomic E-state index is -0.103. The van der Waals surface area contributed by atoms with Gasteiger partial charge in [-0.05, 0) is 37.0 Å². The number of ether oxygens (including phenoxy) is 2. The summed E-state index contributed by atoms with van der Waals surface area (Å²) >= 11 is 0. The number of carbonyl (C=O) groups excluding carboxylic acids is 1. The molecule has 3 nitrogen and oxygen atoms in total. The molecule has 1 aromatic carbocycles. The van der Waals surface area contributed by atoms with Crippen LogP contribution in [0.15, 0.2) is 24.3 Å². The maximum atomic E-state index is 11.7. The van der Waals surface area contributed by atoms with Crippen molar-refractivity contribution in [3.8, 4) is 5.75 Å². The van der Waals surface area contributed by atoms with Crippen LogP contribution in [-0.2, 0) is 16.0 Å². The fourth-order valence-corrected chi connectivity index (χ4v) is 3.30. The van der Waals surface area contributed by atoms with E-state index in [1.165, 1.54) is 69.8 Å². The topological polar surface area (TPSA) is 35.5 Å². The van der Waals surface area contributed by atoms with E-state index in [0.717, 1.165) is 25.0 Å². The maximum absolute atomic E-state index is 11.7. The van der Waals surface area contributed by atoms with Gasteiger partial charge in [-0.2, -0.15) is 0 Å². The van der Waals surface area contributed by atoms with Gasteiger partial charge in [-0.15, -0.1) is 0 Å². The zero-order valence-electron chi connectivity index (χ0n) is 18.3. The first-order chi connectivity index (χ1) is 13.8. The van der Waals surface area contributed by atoms with Crippen LogP contribution in [0.25, 0.3) is 0 Å². The summed E-state index contributed by atoms with van der Waals surface area (Å²) in [5, 5.41) is 0. The van der Waals surface area contributed by atoms with Crippen molar-refractivity contribution in [3.05, 3.63) is 29.8 Å². The molecule has 160 valence electrons. The Morgan fingerprint density at radius 1 is 0.714 bits per heavy atom. The third-order valence-electron chi connectivity index (χ3n) is 5.09. The molecule has 0 aliphatic heterocycles. The Labute approximate surface area is 173 Å². The van der Waals surface area contributed by atoms with Crippen molar-refractivity contribution >= 4 is 5.97 Å². The predicted octanol–water partition coefficient (Wildman–Crippen LogP) is 7.26. The van der Waals surface area contributed by atoms with Gasteiger partial charge in [-0.3, -0.25) is 4.79 Å². The lowest BCUT2D eigenvalue weighted by Crippen LogP contribution is -2.12. The molecule has 0 bridgehead atoms. The van der Waals surface area contributed by atoms with Crippen LogP contribution in [0.3, 0.4) is 0 Å². The molecule has 1 aromatic rings. The van der Waals surface area contributed by atoms with Gasteiger partial charge in [-0.25, -0.2) is 0 Å². The van der Waals surface area contributed by atoms with E-state index in [4.69, 9.17) is 9.47 Å². The van der Waals surface area contributed by atoms with Crippen LogP contribution in [0.4, 0.5) is 0 Å². The second kappa shape index (κ2) is 17.6. The Morgan fingerprint density at radius 2 is 1.29 bits per heavy atom. The van der Waals surface area contributed by atoms with Gasteiger partial charge in [0.05, 0.1) is 0 Å². The van der Waals surface area contributed by atoms with Crippen LogP contribution in [0.2, 0.25) is 0 Å². The number of esters is 1. The van der Waals surface area contributed by atoms with Crippen LogP contribution >= 0.6 is 0 Å². The highest BCUT2D eigenvalue weighted by Crippen LogP contribution is 2.15. The van der Waals surface area contributed by atoms with Crippen molar-refractivity contribution in [2.45, 2.75) is 104 Å². The molecule has 3 heteroatoms. The first-order valence-corrected chi connectivity index (χ1v) is 11.6. The Kier molecular flexibility index (Phi) is 15.4. The third kappa shape index (κ3) is 13.6. The molecule has 0 unspecified atom stereocenters. The molecule has 0 fully saturated rings. The molecule has 0 amide bonds. The molecule has 1 rings (SSSR count). The Morgan fingerprint density at radius 3 is 1.93 bits per heavy atom. The number of unbranched alkanes of at least 4 members (excludes halogenated alkanes) is 10. The van der Waals surface area contributed by atoms with Gasteiger partial charge in [0.15, 0.2) is 0 Å². The summed E-state index contributed by atoms with van der Waals surface area (Å²) < 4.78 is 10.9. The van der Waals surface area contributed by atoms with Crippen molar-refractivity contribution in [2.24, 2.45) is 0 Å². The highest BCUT2D eigenvalue weighted by Gasteiger charge is 2.03. The SMILES string of the molecule is CCCCCCCCC(=O)OCCOc1ccc(CCCCCCCC)cc1. The largest absolute Gasteiger partial charge is 0.490 e. The summed E-state index contributed by atoms with van der Waals surface area (Å²) in [5.41, 5.74) is 1.37. The van der Waals surface area contributed by atoms with E-state index < -0.39 is 0 Å². The quantitative estimate of drug-likeness (QED) is 0.195. The smallest absolute Gasteiger partial charge is 0.305 e. The number of hydrogen-bond donors (Lipinski definition) is 0. The summed E-state index contributed by atoms with van der Waals surface area (Å²) in [5.74, 6) is 0.743. The highest BCUT2D eigenvalue weighted by molar-refractivity contribution is 5.69. The monoisotopic (exact) mass is 390 g/mol. The molecule has 0 atom stereocenters. The molecule has 0 saturated heterocycles. The summed E-state index contributed by atoms with van der Waals surface area (Å²) in [4.78, 5) is 11.7. The molecule has 0 saturated carbocycles. The highest BCUT2D eigenvalue weighted by atomic mass is 16.6. The Hall–Kier alpha value is -1.51. The van der Waals surface area contributed by atoms with Crippen molar-refractivity contribution in [1.29, 1.82) is 0 Å². The zero-order valence-corrected chi connectivity index (χ0v) is 18.3. The lowest BCUT2D eigenvalue weighted by Gasteiger charge is -2.08. The van der Waals surface area contributed by atoms with Crippen molar-refractivity contribution in [2.75, 3.05) is 13.2 Å². The summed E-state index contributed by atoms with van der Waals surface area (Å²) in [7, 11) is 0. The third-order valence-corrected chi connectivity index (χ3v) is 5.09. The summed E-state index contributed by atoms with van der Waals surface area (Å²) in [6, 6.07) is 8.33. The van der Waals surface area contributed by atoms with Gasteiger partial charge in [0, 0.05) is 6.42 Å². The number of aryl methyl sites for hydroxylation is 1. The zero-order chi connectivity index (χ0) is 20.3. The predicted molar refractivity (Wildman–Crippen MR) is 118 cm³/mol. The fourth-order valence-electron chi connectivity index (χ4n) is 3.30. The molecule has 0 N–H and O–H groups in total. The maximum Gasteiger partial charge on any atom is 0.305 e. The summed E-state index contributed by atoms with van der Waals surface area (Å²) in [6.07, 6.45) is 16.7. The van der Waals surface area contributed by atoms with Gasteiger partial charge >= 0.3 is 5.97 Å². The number of hydrogen-bond acceptors (Lipinski definition) is 3. The average Bonchev–Trinajstić information content (AvgIpc) is 2.71. The average molecular weight is 391 g/mol. The van der Waals surface area contributed by atoms with E-state index in [0.29, 0.717) is 19.6 Å². The normalized spacial score (nSPS) is 10.8. The van der Waals surface area contributed by atoms with E-state index in [1.807, 2.05) is 12.1 Å². The van der Waals surface area contributed by atoms with Crippen LogP contribution in [0.1, 0.15) is 103 Å². The van der Waals surface area contributed by atoms with E-state index in [-0.39, 0.29) is 5.97 Å². The van der Waals surface area contributed by atoms with Gasteiger partial charge < -0.3 is 9.47 Å². The molecular weight excluding hydrogens is 348 g/mol. The van der Waals surface area contributed by atoms with Gasteiger partial charge in [0.25, 0.3) is 0 Å². The molecular formula is C25H42O3. The molecule has 0 aromatic heterocycles. The minimum Gasteiger partial charge on any atom is -0.490 e. The molecule has 28 heavy (non-hydrogen) atoms. The standard InChI is InChI=1S/C25H42O3/c1-3-5-7-9-11-13-15-23-17-19-24(20-18-23)27-21-22-28-25(26)16-14-12-10-8-6-4-2/h17-20H,3-16,21-22H2,1-2H3. The van der Waals surface area contributed by atoms with Crippen LogP contribution in [-0.4, -0.2) is 19.2 Å². The lowest BCUT2D eigenvalue weighted by molar-refractivity contribution is -0.144. The molecule has 0 aliphatic rings. The van der Waals surface area contributed by atoms with Crippen molar-refractivity contribution in [1.82, 2.24) is 0 Å². The lowest BCUT2D eigenvalue weighted by atomic mass is 10.0. The molecule has 0 heterocycles.